The Morgan fingerprint density at radius 2 is 2.20 bits per heavy atom. The predicted octanol–water partition coefficient (Wildman–Crippen LogP) is 2.27. The van der Waals surface area contributed by atoms with Crippen molar-refractivity contribution in [3.8, 4) is 0 Å². The second-order valence-corrected chi connectivity index (χ2v) is 7.61. The number of hydrogen-bond donors (Lipinski definition) is 1. The standard InChI is InChI=1S/C14H21ClN2O2S/c1-11-13(15)6-3-7-14(11)20(18,19)17-8-4-5-12(10-17)9-16-2/h3,6-7,12,16H,4-5,8-10H2,1-2H3/t12-/m0/s1. The van der Waals surface area contributed by atoms with E-state index in [4.69, 9.17) is 11.6 Å². The summed E-state index contributed by atoms with van der Waals surface area (Å²) in [6, 6.07) is 5.05. The summed E-state index contributed by atoms with van der Waals surface area (Å²) in [4.78, 5) is 0.329. The summed E-state index contributed by atoms with van der Waals surface area (Å²) in [5.74, 6) is 0.378. The van der Waals surface area contributed by atoms with Crippen LogP contribution in [0.1, 0.15) is 18.4 Å². The Labute approximate surface area is 126 Å². The monoisotopic (exact) mass is 316 g/mol. The van der Waals surface area contributed by atoms with Crippen molar-refractivity contribution in [2.75, 3.05) is 26.7 Å². The first kappa shape index (κ1) is 15.8. The SMILES string of the molecule is CNC[C@@H]1CCCN(S(=O)(=O)c2cccc(Cl)c2C)C1. The minimum absolute atomic E-state index is 0.329. The molecule has 20 heavy (non-hydrogen) atoms. The fourth-order valence-electron chi connectivity index (χ4n) is 2.71. The number of halogens is 1. The zero-order chi connectivity index (χ0) is 14.8. The van der Waals surface area contributed by atoms with Crippen LogP contribution in [-0.2, 0) is 10.0 Å². The summed E-state index contributed by atoms with van der Waals surface area (Å²) < 4.78 is 27.1. The first-order chi connectivity index (χ1) is 9.46. The number of sulfonamides is 1. The maximum absolute atomic E-state index is 12.8. The molecule has 1 aliphatic heterocycles. The lowest BCUT2D eigenvalue weighted by Gasteiger charge is -2.32. The molecule has 1 aromatic carbocycles. The van der Waals surface area contributed by atoms with Crippen molar-refractivity contribution in [3.05, 3.63) is 28.8 Å². The van der Waals surface area contributed by atoms with Gasteiger partial charge in [0.2, 0.25) is 10.0 Å². The highest BCUT2D eigenvalue weighted by Gasteiger charge is 2.31. The minimum Gasteiger partial charge on any atom is -0.319 e. The molecule has 0 radical (unpaired) electrons. The van der Waals surface area contributed by atoms with Crippen molar-refractivity contribution in [1.82, 2.24) is 9.62 Å². The van der Waals surface area contributed by atoms with Crippen LogP contribution in [0.15, 0.2) is 23.1 Å². The molecule has 0 spiro atoms. The van der Waals surface area contributed by atoms with E-state index in [0.717, 1.165) is 19.4 Å². The van der Waals surface area contributed by atoms with Crippen molar-refractivity contribution < 1.29 is 8.42 Å². The zero-order valence-corrected chi connectivity index (χ0v) is 13.5. The Morgan fingerprint density at radius 1 is 1.45 bits per heavy atom. The van der Waals surface area contributed by atoms with Crippen LogP contribution in [-0.4, -0.2) is 39.4 Å². The Bertz CT molecular complexity index is 573. The molecule has 1 fully saturated rings. The highest BCUT2D eigenvalue weighted by Crippen LogP contribution is 2.28. The van der Waals surface area contributed by atoms with E-state index in [2.05, 4.69) is 5.32 Å². The summed E-state index contributed by atoms with van der Waals surface area (Å²) in [5, 5.41) is 3.62. The number of nitrogens with zero attached hydrogens (tertiary/aromatic N) is 1. The van der Waals surface area contributed by atoms with E-state index >= 15 is 0 Å². The number of rotatable bonds is 4. The molecule has 1 heterocycles. The van der Waals surface area contributed by atoms with Gasteiger partial charge in [0, 0.05) is 18.1 Å². The Hall–Kier alpha value is -0.620. The van der Waals surface area contributed by atoms with Gasteiger partial charge in [-0.2, -0.15) is 4.31 Å². The van der Waals surface area contributed by atoms with Gasteiger partial charge in [-0.15, -0.1) is 0 Å². The molecule has 0 aromatic heterocycles. The van der Waals surface area contributed by atoms with Gasteiger partial charge >= 0.3 is 0 Å². The van der Waals surface area contributed by atoms with E-state index < -0.39 is 10.0 Å². The fourth-order valence-corrected chi connectivity index (χ4v) is 4.74. The lowest BCUT2D eigenvalue weighted by molar-refractivity contribution is 0.263. The molecule has 1 saturated heterocycles. The molecule has 1 atom stereocenters. The van der Waals surface area contributed by atoms with Gasteiger partial charge < -0.3 is 5.32 Å². The molecule has 2 rings (SSSR count). The fraction of sp³-hybridized carbons (Fsp3) is 0.571. The third kappa shape index (κ3) is 3.17. The van der Waals surface area contributed by atoms with Crippen molar-refractivity contribution >= 4 is 21.6 Å². The largest absolute Gasteiger partial charge is 0.319 e. The summed E-state index contributed by atoms with van der Waals surface area (Å²) in [7, 11) is -1.55. The Balaban J connectivity index is 2.28. The molecule has 0 saturated carbocycles. The molecule has 1 aliphatic rings. The molecule has 4 nitrogen and oxygen atoms in total. The predicted molar refractivity (Wildman–Crippen MR) is 81.6 cm³/mol. The van der Waals surface area contributed by atoms with Gasteiger partial charge in [0.05, 0.1) is 4.90 Å². The maximum Gasteiger partial charge on any atom is 0.243 e. The zero-order valence-electron chi connectivity index (χ0n) is 11.9. The minimum atomic E-state index is -3.45. The molecule has 112 valence electrons. The number of nitrogens with one attached hydrogen (secondary N) is 1. The van der Waals surface area contributed by atoms with Gasteiger partial charge in [0.1, 0.15) is 0 Å². The normalized spacial score (nSPS) is 21.1. The topological polar surface area (TPSA) is 49.4 Å². The van der Waals surface area contributed by atoms with Crippen LogP contribution in [0.25, 0.3) is 0 Å². The molecule has 0 bridgehead atoms. The van der Waals surface area contributed by atoms with E-state index in [0.29, 0.717) is 34.5 Å². The van der Waals surface area contributed by atoms with Crippen LogP contribution in [0.3, 0.4) is 0 Å². The number of piperidine rings is 1. The summed E-state index contributed by atoms with van der Waals surface area (Å²) in [6.07, 6.45) is 1.98. The molecule has 1 aromatic rings. The van der Waals surface area contributed by atoms with Crippen LogP contribution >= 0.6 is 11.6 Å². The second kappa shape index (κ2) is 6.43. The van der Waals surface area contributed by atoms with E-state index in [1.807, 2.05) is 7.05 Å². The van der Waals surface area contributed by atoms with Crippen molar-refractivity contribution in [3.63, 3.8) is 0 Å². The summed E-state index contributed by atoms with van der Waals surface area (Å²) in [5.41, 5.74) is 0.630. The van der Waals surface area contributed by atoms with Gasteiger partial charge in [0.25, 0.3) is 0 Å². The van der Waals surface area contributed by atoms with Crippen molar-refractivity contribution in [2.45, 2.75) is 24.7 Å². The molecule has 0 amide bonds. The first-order valence-electron chi connectivity index (χ1n) is 6.86. The molecule has 1 N–H and O–H groups in total. The molecule has 0 aliphatic carbocycles. The lowest BCUT2D eigenvalue weighted by atomic mass is 10.00. The van der Waals surface area contributed by atoms with Gasteiger partial charge in [-0.1, -0.05) is 17.7 Å². The molecular weight excluding hydrogens is 296 g/mol. The van der Waals surface area contributed by atoms with Crippen LogP contribution in [0.2, 0.25) is 5.02 Å². The summed E-state index contributed by atoms with van der Waals surface area (Å²) in [6.45, 7) is 3.77. The second-order valence-electron chi connectivity index (χ2n) is 5.29. The lowest BCUT2D eigenvalue weighted by Crippen LogP contribution is -2.42. The highest BCUT2D eigenvalue weighted by molar-refractivity contribution is 7.89. The van der Waals surface area contributed by atoms with Gasteiger partial charge in [-0.25, -0.2) is 8.42 Å². The third-order valence-electron chi connectivity index (χ3n) is 3.81. The van der Waals surface area contributed by atoms with E-state index in [1.54, 1.807) is 29.4 Å². The van der Waals surface area contributed by atoms with E-state index in [1.165, 1.54) is 0 Å². The smallest absolute Gasteiger partial charge is 0.243 e. The maximum atomic E-state index is 12.8. The number of benzene rings is 1. The van der Waals surface area contributed by atoms with E-state index in [9.17, 15) is 8.42 Å². The van der Waals surface area contributed by atoms with Gasteiger partial charge in [-0.05, 0) is 57.0 Å². The van der Waals surface area contributed by atoms with Crippen LogP contribution < -0.4 is 5.32 Å². The Morgan fingerprint density at radius 3 is 2.90 bits per heavy atom. The Kier molecular flexibility index (Phi) is 5.07. The van der Waals surface area contributed by atoms with Crippen LogP contribution in [0.5, 0.6) is 0 Å². The summed E-state index contributed by atoms with van der Waals surface area (Å²) >= 11 is 6.04. The average molecular weight is 317 g/mol. The van der Waals surface area contributed by atoms with Crippen molar-refractivity contribution in [1.29, 1.82) is 0 Å². The number of hydrogen-bond acceptors (Lipinski definition) is 3. The quantitative estimate of drug-likeness (QED) is 0.927. The third-order valence-corrected chi connectivity index (χ3v) is 6.23. The molecular formula is C14H21ClN2O2S. The van der Waals surface area contributed by atoms with Gasteiger partial charge in [0.15, 0.2) is 0 Å². The molecule has 6 heteroatoms. The molecule has 0 unspecified atom stereocenters. The average Bonchev–Trinajstić information content (AvgIpc) is 2.42. The first-order valence-corrected chi connectivity index (χ1v) is 8.68. The van der Waals surface area contributed by atoms with Crippen LogP contribution in [0.4, 0.5) is 0 Å². The van der Waals surface area contributed by atoms with Crippen LogP contribution in [0, 0.1) is 12.8 Å². The van der Waals surface area contributed by atoms with Crippen molar-refractivity contribution in [2.24, 2.45) is 5.92 Å². The van der Waals surface area contributed by atoms with E-state index in [-0.39, 0.29) is 0 Å². The van der Waals surface area contributed by atoms with Gasteiger partial charge in [-0.3, -0.25) is 0 Å². The highest BCUT2D eigenvalue weighted by atomic mass is 35.5.